The summed E-state index contributed by atoms with van der Waals surface area (Å²) >= 11 is 0. The Bertz CT molecular complexity index is 1120. The van der Waals surface area contributed by atoms with E-state index in [4.69, 9.17) is 4.74 Å². The van der Waals surface area contributed by atoms with Crippen molar-refractivity contribution in [2.75, 3.05) is 52.9 Å². The summed E-state index contributed by atoms with van der Waals surface area (Å²) in [6.07, 6.45) is 6.47. The van der Waals surface area contributed by atoms with E-state index in [0.717, 1.165) is 51.9 Å². The molecule has 0 spiro atoms. The molecule has 0 bridgehead atoms. The number of piperazine rings is 1. The fourth-order valence-corrected chi connectivity index (χ4v) is 6.53. The van der Waals surface area contributed by atoms with Gasteiger partial charge in [0.1, 0.15) is 17.9 Å². The van der Waals surface area contributed by atoms with Crippen molar-refractivity contribution < 1.29 is 29.1 Å². The van der Waals surface area contributed by atoms with E-state index in [2.05, 4.69) is 17.3 Å². The third-order valence-electron chi connectivity index (χ3n) is 9.34. The molecule has 0 radical (unpaired) electrons. The van der Waals surface area contributed by atoms with Gasteiger partial charge < -0.3 is 24.8 Å². The number of ether oxygens (including phenoxy) is 1. The quantitative estimate of drug-likeness (QED) is 0.224. The Morgan fingerprint density at radius 2 is 1.59 bits per heavy atom. The van der Waals surface area contributed by atoms with Crippen molar-refractivity contribution in [3.63, 3.8) is 0 Å². The summed E-state index contributed by atoms with van der Waals surface area (Å²) in [6, 6.07) is 6.57. The first kappa shape index (κ1) is 33.7. The highest BCUT2D eigenvalue weighted by Gasteiger charge is 2.39. The Labute approximate surface area is 261 Å². The minimum absolute atomic E-state index is 0.0410. The lowest BCUT2D eigenvalue weighted by atomic mass is 9.84. The molecule has 1 aromatic rings. The average Bonchev–Trinajstić information content (AvgIpc) is 3.52. The van der Waals surface area contributed by atoms with E-state index in [-0.39, 0.29) is 30.4 Å². The molecule has 0 aromatic heterocycles. The predicted octanol–water partition coefficient (Wildman–Crippen LogP) is 3.02. The highest BCUT2D eigenvalue weighted by Crippen LogP contribution is 2.31. The Balaban J connectivity index is 1.30. The zero-order chi connectivity index (χ0) is 31.9. The summed E-state index contributed by atoms with van der Waals surface area (Å²) in [5.74, 6) is 0.0895. The van der Waals surface area contributed by atoms with E-state index in [1.165, 1.54) is 0 Å². The lowest BCUT2D eigenvalue weighted by Crippen LogP contribution is -2.58. The standard InChI is InChI=1S/C33H51N5O6/c1-33(2,3)29(34-30(40)26(22-38(43)23-39)21-24-7-5-6-8-24)32(42)36-15-13-28(14-16-36)44-27-11-9-25(10-12-27)31(41)37-19-17-35(4)18-20-37/h9-12,23-24,26,28-29,43H,5-8,13-22H2,1-4H3,(H,34,40)/t26-,29?/m1/s1. The van der Waals surface area contributed by atoms with Crippen LogP contribution in [0.15, 0.2) is 24.3 Å². The molecular formula is C33H51N5O6. The number of hydrogen-bond acceptors (Lipinski definition) is 7. The molecule has 1 unspecified atom stereocenters. The Kier molecular flexibility index (Phi) is 11.6. The molecule has 1 aliphatic carbocycles. The number of nitrogens with one attached hydrogen (secondary N) is 1. The van der Waals surface area contributed by atoms with E-state index in [1.807, 2.05) is 49.9 Å². The third kappa shape index (κ3) is 9.17. The van der Waals surface area contributed by atoms with Crippen LogP contribution in [-0.4, -0.2) is 114 Å². The summed E-state index contributed by atoms with van der Waals surface area (Å²) in [5.41, 5.74) is 0.117. The maximum Gasteiger partial charge on any atom is 0.253 e. The highest BCUT2D eigenvalue weighted by molar-refractivity contribution is 5.94. The molecule has 11 heteroatoms. The van der Waals surface area contributed by atoms with Gasteiger partial charge >= 0.3 is 0 Å². The van der Waals surface area contributed by atoms with Crippen LogP contribution in [0.4, 0.5) is 0 Å². The molecule has 44 heavy (non-hydrogen) atoms. The summed E-state index contributed by atoms with van der Waals surface area (Å²) in [5, 5.41) is 13.4. The average molecular weight is 614 g/mol. The normalized spacial score (nSPS) is 20.2. The number of benzene rings is 1. The summed E-state index contributed by atoms with van der Waals surface area (Å²) < 4.78 is 6.22. The van der Waals surface area contributed by atoms with Crippen LogP contribution in [0, 0.1) is 17.3 Å². The molecule has 2 aliphatic heterocycles. The molecule has 244 valence electrons. The van der Waals surface area contributed by atoms with Crippen molar-refractivity contribution in [2.24, 2.45) is 17.3 Å². The first-order chi connectivity index (χ1) is 20.9. The molecule has 3 fully saturated rings. The fourth-order valence-electron chi connectivity index (χ4n) is 6.53. The SMILES string of the molecule is CN1CCN(C(=O)c2ccc(OC3CCN(C(=O)C(NC(=O)[C@H](CC4CCCC4)CN(O)C=O)C(C)(C)C)CC3)cc2)CC1. The van der Waals surface area contributed by atoms with Gasteiger partial charge in [0.05, 0.1) is 12.5 Å². The minimum Gasteiger partial charge on any atom is -0.490 e. The van der Waals surface area contributed by atoms with Crippen molar-refractivity contribution in [3.05, 3.63) is 29.8 Å². The number of likely N-dealkylation sites (N-methyl/N-ethyl adjacent to an activating group) is 1. The largest absolute Gasteiger partial charge is 0.490 e. The molecule has 11 nitrogen and oxygen atoms in total. The molecule has 1 aromatic carbocycles. The molecule has 1 saturated carbocycles. The van der Waals surface area contributed by atoms with E-state index in [0.29, 0.717) is 61.1 Å². The van der Waals surface area contributed by atoms with Crippen LogP contribution in [0.3, 0.4) is 0 Å². The first-order valence-electron chi connectivity index (χ1n) is 16.2. The smallest absolute Gasteiger partial charge is 0.253 e. The monoisotopic (exact) mass is 613 g/mol. The van der Waals surface area contributed by atoms with Crippen molar-refractivity contribution in [2.45, 2.75) is 77.9 Å². The van der Waals surface area contributed by atoms with E-state index in [9.17, 15) is 24.4 Å². The number of likely N-dealkylation sites (tertiary alicyclic amines) is 1. The van der Waals surface area contributed by atoms with Gasteiger partial charge in [-0.2, -0.15) is 0 Å². The zero-order valence-electron chi connectivity index (χ0n) is 26.9. The number of piperidine rings is 1. The minimum atomic E-state index is -0.743. The van der Waals surface area contributed by atoms with Crippen LogP contribution in [0.25, 0.3) is 0 Å². The number of nitrogens with zero attached hydrogens (tertiary/aromatic N) is 4. The predicted molar refractivity (Wildman–Crippen MR) is 166 cm³/mol. The van der Waals surface area contributed by atoms with Crippen LogP contribution in [0.1, 0.15) is 76.1 Å². The maximum absolute atomic E-state index is 13.8. The molecule has 2 heterocycles. The van der Waals surface area contributed by atoms with Crippen molar-refractivity contribution in [3.8, 4) is 5.75 Å². The lowest BCUT2D eigenvalue weighted by molar-refractivity contribution is -0.156. The molecule has 2 atom stereocenters. The van der Waals surface area contributed by atoms with Gasteiger partial charge in [-0.3, -0.25) is 24.4 Å². The van der Waals surface area contributed by atoms with Crippen LogP contribution in [0.2, 0.25) is 0 Å². The fraction of sp³-hybridized carbons (Fsp3) is 0.697. The second-order valence-electron chi connectivity index (χ2n) is 13.9. The molecule has 4 rings (SSSR count). The number of rotatable bonds is 11. The first-order valence-corrected chi connectivity index (χ1v) is 16.2. The van der Waals surface area contributed by atoms with Gasteiger partial charge in [0.2, 0.25) is 18.2 Å². The number of hydrogen-bond donors (Lipinski definition) is 2. The molecular weight excluding hydrogens is 562 g/mol. The van der Waals surface area contributed by atoms with E-state index >= 15 is 0 Å². The third-order valence-corrected chi connectivity index (χ3v) is 9.34. The summed E-state index contributed by atoms with van der Waals surface area (Å²) in [7, 11) is 2.06. The van der Waals surface area contributed by atoms with Gasteiger partial charge in [-0.25, -0.2) is 5.06 Å². The second kappa shape index (κ2) is 15.2. The van der Waals surface area contributed by atoms with Gasteiger partial charge in [0.15, 0.2) is 0 Å². The lowest BCUT2D eigenvalue weighted by Gasteiger charge is -2.39. The molecule has 4 amide bonds. The van der Waals surface area contributed by atoms with Crippen LogP contribution >= 0.6 is 0 Å². The van der Waals surface area contributed by atoms with Gasteiger partial charge in [-0.1, -0.05) is 46.5 Å². The highest BCUT2D eigenvalue weighted by atomic mass is 16.5. The van der Waals surface area contributed by atoms with Crippen LogP contribution in [-0.2, 0) is 14.4 Å². The van der Waals surface area contributed by atoms with Crippen LogP contribution < -0.4 is 10.1 Å². The van der Waals surface area contributed by atoms with Crippen LogP contribution in [0.5, 0.6) is 5.75 Å². The Morgan fingerprint density at radius 1 is 0.977 bits per heavy atom. The zero-order valence-corrected chi connectivity index (χ0v) is 26.9. The van der Waals surface area contributed by atoms with Crippen molar-refractivity contribution in [1.29, 1.82) is 0 Å². The second-order valence-corrected chi connectivity index (χ2v) is 13.9. The molecule has 2 saturated heterocycles. The number of carbonyl (C=O) groups excluding carboxylic acids is 4. The summed E-state index contributed by atoms with van der Waals surface area (Å²) in [6.45, 7) is 9.92. The van der Waals surface area contributed by atoms with Gasteiger partial charge in [0.25, 0.3) is 5.91 Å². The molecule has 2 N–H and O–H groups in total. The maximum atomic E-state index is 13.8. The topological polar surface area (TPSA) is 123 Å². The number of carbonyl (C=O) groups is 4. The van der Waals surface area contributed by atoms with Gasteiger partial charge in [-0.05, 0) is 49.1 Å². The molecule has 3 aliphatic rings. The Morgan fingerprint density at radius 3 is 2.16 bits per heavy atom. The van der Waals surface area contributed by atoms with Gasteiger partial charge in [-0.15, -0.1) is 0 Å². The van der Waals surface area contributed by atoms with E-state index < -0.39 is 17.4 Å². The number of amides is 4. The van der Waals surface area contributed by atoms with E-state index in [1.54, 1.807) is 4.90 Å². The van der Waals surface area contributed by atoms with Gasteiger partial charge in [0, 0.05) is 57.7 Å². The number of hydroxylamine groups is 2. The Hall–Kier alpha value is -3.18. The van der Waals surface area contributed by atoms with Crippen molar-refractivity contribution in [1.82, 2.24) is 25.1 Å². The van der Waals surface area contributed by atoms with Crippen molar-refractivity contribution >= 4 is 24.1 Å². The summed E-state index contributed by atoms with van der Waals surface area (Å²) in [4.78, 5) is 57.1.